The number of para-hydroxylation sites is 1. The molecule has 1 atom stereocenters. The molecule has 3 rings (SSSR count). The maximum atomic E-state index is 9.47. The number of hydrogen-bond acceptors (Lipinski definition) is 4. The van der Waals surface area contributed by atoms with Gasteiger partial charge in [-0.2, -0.15) is 0 Å². The number of piperazine rings is 1. The van der Waals surface area contributed by atoms with Crippen LogP contribution in [0.2, 0.25) is 0 Å². The van der Waals surface area contributed by atoms with E-state index in [4.69, 9.17) is 4.74 Å². The minimum atomic E-state index is 0.288. The van der Waals surface area contributed by atoms with E-state index in [-0.39, 0.29) is 6.61 Å². The molecule has 2 fully saturated rings. The van der Waals surface area contributed by atoms with Crippen molar-refractivity contribution in [2.75, 3.05) is 33.4 Å². The van der Waals surface area contributed by atoms with Crippen molar-refractivity contribution in [3.63, 3.8) is 0 Å². The molecule has 4 heteroatoms. The summed E-state index contributed by atoms with van der Waals surface area (Å²) >= 11 is 0. The van der Waals surface area contributed by atoms with E-state index in [0.717, 1.165) is 44.4 Å². The lowest BCUT2D eigenvalue weighted by atomic mass is 10.0. The SMILES string of the molecule is COc1ccccc1CN1CCN(C2CCCC2)C(CCO)C1. The average molecular weight is 318 g/mol. The van der Waals surface area contributed by atoms with Crippen LogP contribution in [0.1, 0.15) is 37.7 Å². The van der Waals surface area contributed by atoms with Crippen LogP contribution in [-0.4, -0.2) is 60.3 Å². The second-order valence-corrected chi connectivity index (χ2v) is 6.89. The predicted octanol–water partition coefficient (Wildman–Crippen LogP) is 2.51. The number of hydrogen-bond donors (Lipinski definition) is 1. The Morgan fingerprint density at radius 3 is 2.70 bits per heavy atom. The predicted molar refractivity (Wildman–Crippen MR) is 92.7 cm³/mol. The second kappa shape index (κ2) is 8.13. The largest absolute Gasteiger partial charge is 0.496 e. The van der Waals surface area contributed by atoms with Crippen molar-refractivity contribution in [1.29, 1.82) is 0 Å². The lowest BCUT2D eigenvalue weighted by molar-refractivity contribution is 0.0265. The summed E-state index contributed by atoms with van der Waals surface area (Å²) in [6.07, 6.45) is 6.32. The molecule has 1 unspecified atom stereocenters. The van der Waals surface area contributed by atoms with E-state index >= 15 is 0 Å². The van der Waals surface area contributed by atoms with Gasteiger partial charge < -0.3 is 9.84 Å². The molecular formula is C19H30N2O2. The van der Waals surface area contributed by atoms with Gasteiger partial charge in [-0.3, -0.25) is 9.80 Å². The average Bonchev–Trinajstić information content (AvgIpc) is 3.10. The van der Waals surface area contributed by atoms with E-state index in [1.165, 1.54) is 31.2 Å². The molecule has 0 bridgehead atoms. The second-order valence-electron chi connectivity index (χ2n) is 6.89. The Morgan fingerprint density at radius 2 is 1.96 bits per heavy atom. The molecule has 1 heterocycles. The molecule has 1 saturated heterocycles. The molecule has 128 valence electrons. The van der Waals surface area contributed by atoms with Crippen LogP contribution in [0.5, 0.6) is 5.75 Å². The molecule has 1 saturated carbocycles. The Bertz CT molecular complexity index is 488. The van der Waals surface area contributed by atoms with Crippen LogP contribution in [-0.2, 0) is 6.54 Å². The summed E-state index contributed by atoms with van der Waals surface area (Å²) in [7, 11) is 1.74. The van der Waals surface area contributed by atoms with Gasteiger partial charge in [0.2, 0.25) is 0 Å². The molecule has 1 N–H and O–H groups in total. The van der Waals surface area contributed by atoms with Crippen LogP contribution in [0.3, 0.4) is 0 Å². The first kappa shape index (κ1) is 16.7. The van der Waals surface area contributed by atoms with Crippen molar-refractivity contribution in [3.05, 3.63) is 29.8 Å². The highest BCUT2D eigenvalue weighted by Gasteiger charge is 2.33. The quantitative estimate of drug-likeness (QED) is 0.874. The van der Waals surface area contributed by atoms with Crippen molar-refractivity contribution < 1.29 is 9.84 Å². The highest BCUT2D eigenvalue weighted by molar-refractivity contribution is 5.33. The fraction of sp³-hybridized carbons (Fsp3) is 0.684. The van der Waals surface area contributed by atoms with Gasteiger partial charge in [0.15, 0.2) is 0 Å². The number of rotatable bonds is 6. The first-order valence-electron chi connectivity index (χ1n) is 9.02. The normalized spacial score (nSPS) is 24.2. The first-order valence-corrected chi connectivity index (χ1v) is 9.02. The number of benzene rings is 1. The van der Waals surface area contributed by atoms with Crippen LogP contribution < -0.4 is 4.74 Å². The van der Waals surface area contributed by atoms with E-state index in [1.807, 2.05) is 12.1 Å². The summed E-state index contributed by atoms with van der Waals surface area (Å²) in [4.78, 5) is 5.20. The van der Waals surface area contributed by atoms with Crippen molar-refractivity contribution in [2.45, 2.75) is 50.7 Å². The molecule has 1 aliphatic heterocycles. The monoisotopic (exact) mass is 318 g/mol. The molecule has 0 aromatic heterocycles. The van der Waals surface area contributed by atoms with Gasteiger partial charge in [-0.25, -0.2) is 0 Å². The van der Waals surface area contributed by atoms with Gasteiger partial charge in [0.05, 0.1) is 7.11 Å². The van der Waals surface area contributed by atoms with Crippen LogP contribution in [0.15, 0.2) is 24.3 Å². The van der Waals surface area contributed by atoms with Crippen LogP contribution in [0.4, 0.5) is 0 Å². The summed E-state index contributed by atoms with van der Waals surface area (Å²) in [6, 6.07) is 9.54. The van der Waals surface area contributed by atoms with Crippen molar-refractivity contribution >= 4 is 0 Å². The maximum Gasteiger partial charge on any atom is 0.123 e. The van der Waals surface area contributed by atoms with Gasteiger partial charge >= 0.3 is 0 Å². The van der Waals surface area contributed by atoms with E-state index in [9.17, 15) is 5.11 Å². The zero-order chi connectivity index (χ0) is 16.1. The minimum Gasteiger partial charge on any atom is -0.496 e. The van der Waals surface area contributed by atoms with Crippen molar-refractivity contribution in [2.24, 2.45) is 0 Å². The molecule has 2 aliphatic rings. The van der Waals surface area contributed by atoms with E-state index in [0.29, 0.717) is 6.04 Å². The third-order valence-corrected chi connectivity index (χ3v) is 5.45. The van der Waals surface area contributed by atoms with E-state index in [2.05, 4.69) is 21.9 Å². The highest BCUT2D eigenvalue weighted by Crippen LogP contribution is 2.29. The third kappa shape index (κ3) is 4.06. The smallest absolute Gasteiger partial charge is 0.123 e. The first-order chi connectivity index (χ1) is 11.3. The van der Waals surface area contributed by atoms with Gasteiger partial charge in [-0.1, -0.05) is 31.0 Å². The molecule has 4 nitrogen and oxygen atoms in total. The molecule has 1 aromatic rings. The summed E-state index contributed by atoms with van der Waals surface area (Å²) < 4.78 is 5.49. The lowest BCUT2D eigenvalue weighted by Crippen LogP contribution is -2.56. The lowest BCUT2D eigenvalue weighted by Gasteiger charge is -2.44. The Hall–Kier alpha value is -1.10. The molecule has 1 aromatic carbocycles. The summed E-state index contributed by atoms with van der Waals surface area (Å²) in [5.74, 6) is 0.976. The number of aliphatic hydroxyl groups excluding tert-OH is 1. The van der Waals surface area contributed by atoms with Crippen molar-refractivity contribution in [3.8, 4) is 5.75 Å². The molecule has 0 radical (unpaired) electrons. The van der Waals surface area contributed by atoms with Crippen LogP contribution in [0, 0.1) is 0 Å². The summed E-state index contributed by atoms with van der Waals surface area (Å²) in [5, 5.41) is 9.47. The van der Waals surface area contributed by atoms with Gasteiger partial charge in [0.1, 0.15) is 5.75 Å². The number of nitrogens with zero attached hydrogens (tertiary/aromatic N) is 2. The van der Waals surface area contributed by atoms with Crippen molar-refractivity contribution in [1.82, 2.24) is 9.80 Å². The van der Waals surface area contributed by atoms with Gasteiger partial charge in [0, 0.05) is 50.4 Å². The third-order valence-electron chi connectivity index (χ3n) is 5.45. The van der Waals surface area contributed by atoms with Gasteiger partial charge in [-0.15, -0.1) is 0 Å². The maximum absolute atomic E-state index is 9.47. The fourth-order valence-electron chi connectivity index (χ4n) is 4.27. The van der Waals surface area contributed by atoms with Crippen LogP contribution >= 0.6 is 0 Å². The van der Waals surface area contributed by atoms with Gasteiger partial charge in [0.25, 0.3) is 0 Å². The Labute approximate surface area is 140 Å². The fourth-order valence-corrected chi connectivity index (χ4v) is 4.27. The zero-order valence-corrected chi connectivity index (χ0v) is 14.3. The number of aliphatic hydroxyl groups is 1. The highest BCUT2D eigenvalue weighted by atomic mass is 16.5. The molecule has 0 amide bonds. The summed E-state index contributed by atoms with van der Waals surface area (Å²) in [5.41, 5.74) is 1.26. The van der Waals surface area contributed by atoms with Crippen LogP contribution in [0.25, 0.3) is 0 Å². The van der Waals surface area contributed by atoms with E-state index < -0.39 is 0 Å². The standard InChI is InChI=1S/C19H30N2O2/c1-23-19-9-5-2-6-16(19)14-20-11-12-21(17-7-3-4-8-17)18(15-20)10-13-22/h2,5-6,9,17-18,22H,3-4,7-8,10-15H2,1H3. The Balaban J connectivity index is 1.64. The van der Waals surface area contributed by atoms with E-state index in [1.54, 1.807) is 7.11 Å². The molecular weight excluding hydrogens is 288 g/mol. The molecule has 1 aliphatic carbocycles. The molecule has 23 heavy (non-hydrogen) atoms. The Morgan fingerprint density at radius 1 is 1.17 bits per heavy atom. The topological polar surface area (TPSA) is 35.9 Å². The number of ether oxygens (including phenoxy) is 1. The minimum absolute atomic E-state index is 0.288. The Kier molecular flexibility index (Phi) is 5.92. The zero-order valence-electron chi connectivity index (χ0n) is 14.3. The molecule has 0 spiro atoms. The summed E-state index contributed by atoms with van der Waals surface area (Å²) in [6.45, 7) is 4.51. The van der Waals surface area contributed by atoms with Gasteiger partial charge in [-0.05, 0) is 25.3 Å². The number of methoxy groups -OCH3 is 1.